The van der Waals surface area contributed by atoms with Gasteiger partial charge < -0.3 is 9.47 Å². The van der Waals surface area contributed by atoms with Gasteiger partial charge in [0.2, 0.25) is 5.75 Å². The zero-order valence-electron chi connectivity index (χ0n) is 11.9. The van der Waals surface area contributed by atoms with Gasteiger partial charge in [0.05, 0.1) is 24.5 Å². The average molecular weight is 356 g/mol. The highest BCUT2D eigenvalue weighted by Gasteiger charge is 2.20. The lowest BCUT2D eigenvalue weighted by Gasteiger charge is -2.07. The van der Waals surface area contributed by atoms with Gasteiger partial charge in [-0.05, 0) is 29.8 Å². The number of benzene rings is 2. The summed E-state index contributed by atoms with van der Waals surface area (Å²) in [6.45, 7) is 0. The molecular formula is C15H11Cl2NO5. The van der Waals surface area contributed by atoms with Crippen LogP contribution in [0.25, 0.3) is 0 Å². The van der Waals surface area contributed by atoms with E-state index in [0.717, 1.165) is 0 Å². The van der Waals surface area contributed by atoms with E-state index in [1.165, 1.54) is 31.4 Å². The predicted octanol–water partition coefficient (Wildman–Crippen LogP) is 4.06. The van der Waals surface area contributed by atoms with E-state index in [0.29, 0.717) is 15.6 Å². The summed E-state index contributed by atoms with van der Waals surface area (Å²) in [7, 11) is 1.38. The molecule has 0 saturated carbocycles. The summed E-state index contributed by atoms with van der Waals surface area (Å²) in [4.78, 5) is 22.4. The highest BCUT2D eigenvalue weighted by molar-refractivity contribution is 6.35. The van der Waals surface area contributed by atoms with Crippen molar-refractivity contribution in [2.24, 2.45) is 0 Å². The van der Waals surface area contributed by atoms with Crippen molar-refractivity contribution >= 4 is 34.9 Å². The molecule has 8 heteroatoms. The topological polar surface area (TPSA) is 78.7 Å². The van der Waals surface area contributed by atoms with Crippen molar-refractivity contribution in [1.29, 1.82) is 0 Å². The fourth-order valence-corrected chi connectivity index (χ4v) is 2.31. The lowest BCUT2D eigenvalue weighted by atomic mass is 10.1. The van der Waals surface area contributed by atoms with Crippen LogP contribution in [0.2, 0.25) is 10.0 Å². The van der Waals surface area contributed by atoms with Crippen LogP contribution in [0.4, 0.5) is 5.69 Å². The number of nitro benzene ring substituents is 1. The van der Waals surface area contributed by atoms with Gasteiger partial charge in [0, 0.05) is 10.0 Å². The van der Waals surface area contributed by atoms with E-state index >= 15 is 0 Å². The van der Waals surface area contributed by atoms with Gasteiger partial charge >= 0.3 is 11.7 Å². The molecule has 0 N–H and O–H groups in total. The van der Waals surface area contributed by atoms with Gasteiger partial charge in [-0.1, -0.05) is 29.3 Å². The van der Waals surface area contributed by atoms with E-state index in [1.807, 2.05) is 0 Å². The van der Waals surface area contributed by atoms with Crippen LogP contribution in [0, 0.1) is 10.1 Å². The zero-order valence-corrected chi connectivity index (χ0v) is 13.4. The second-order valence-corrected chi connectivity index (χ2v) is 5.32. The fraction of sp³-hybridized carbons (Fsp3) is 0.133. The Morgan fingerprint density at radius 2 is 1.96 bits per heavy atom. The number of methoxy groups -OCH3 is 1. The Labute approximate surface area is 141 Å². The van der Waals surface area contributed by atoms with Crippen LogP contribution < -0.4 is 9.47 Å². The molecule has 0 amide bonds. The monoisotopic (exact) mass is 355 g/mol. The molecule has 0 radical (unpaired) electrons. The van der Waals surface area contributed by atoms with Crippen molar-refractivity contribution in [1.82, 2.24) is 0 Å². The molecule has 0 heterocycles. The second-order valence-electron chi connectivity index (χ2n) is 4.48. The number of rotatable bonds is 5. The van der Waals surface area contributed by atoms with E-state index in [9.17, 15) is 14.9 Å². The molecule has 23 heavy (non-hydrogen) atoms. The summed E-state index contributed by atoms with van der Waals surface area (Å²) < 4.78 is 9.98. The first-order valence-corrected chi connectivity index (χ1v) is 7.13. The van der Waals surface area contributed by atoms with E-state index in [4.69, 9.17) is 32.7 Å². The van der Waals surface area contributed by atoms with Crippen LogP contribution in [0.15, 0.2) is 36.4 Å². The molecule has 2 aromatic carbocycles. The highest BCUT2D eigenvalue weighted by Crippen LogP contribution is 2.31. The van der Waals surface area contributed by atoms with Crippen LogP contribution in [-0.2, 0) is 11.2 Å². The van der Waals surface area contributed by atoms with Crippen molar-refractivity contribution in [2.75, 3.05) is 7.11 Å². The maximum absolute atomic E-state index is 12.0. The molecule has 120 valence electrons. The molecule has 6 nitrogen and oxygen atoms in total. The molecular weight excluding hydrogens is 345 g/mol. The summed E-state index contributed by atoms with van der Waals surface area (Å²) in [5.41, 5.74) is 0.150. The molecule has 0 aliphatic rings. The maximum atomic E-state index is 12.0. The van der Waals surface area contributed by atoms with Gasteiger partial charge in [0.15, 0.2) is 0 Å². The van der Waals surface area contributed by atoms with Gasteiger partial charge in [0.1, 0.15) is 5.75 Å². The molecule has 0 saturated heterocycles. The standard InChI is InChI=1S/C15H11Cl2NO5/c1-22-11-4-5-14(13(8-11)18(20)21)23-15(19)6-9-2-3-10(16)7-12(9)17/h2-5,7-8H,6H2,1H3. The first kappa shape index (κ1) is 17.1. The summed E-state index contributed by atoms with van der Waals surface area (Å²) in [5.74, 6) is -0.550. The van der Waals surface area contributed by atoms with E-state index in [-0.39, 0.29) is 23.6 Å². The quantitative estimate of drug-likeness (QED) is 0.349. The fourth-order valence-electron chi connectivity index (χ4n) is 1.83. The number of nitro groups is 1. The van der Waals surface area contributed by atoms with Crippen LogP contribution >= 0.6 is 23.2 Å². The molecule has 0 spiro atoms. The van der Waals surface area contributed by atoms with Gasteiger partial charge in [-0.25, -0.2) is 0 Å². The third kappa shape index (κ3) is 4.34. The van der Waals surface area contributed by atoms with Gasteiger partial charge in [-0.2, -0.15) is 0 Å². The van der Waals surface area contributed by atoms with Crippen molar-refractivity contribution in [3.8, 4) is 11.5 Å². The van der Waals surface area contributed by atoms with Gasteiger partial charge in [-0.15, -0.1) is 0 Å². The van der Waals surface area contributed by atoms with Crippen LogP contribution in [0.5, 0.6) is 11.5 Å². The normalized spacial score (nSPS) is 10.2. The molecule has 0 atom stereocenters. The van der Waals surface area contributed by atoms with Crippen molar-refractivity contribution in [3.63, 3.8) is 0 Å². The van der Waals surface area contributed by atoms with Crippen LogP contribution in [0.1, 0.15) is 5.56 Å². The van der Waals surface area contributed by atoms with Crippen molar-refractivity contribution in [3.05, 3.63) is 62.1 Å². The van der Waals surface area contributed by atoms with E-state index < -0.39 is 10.9 Å². The number of carbonyl (C=O) groups is 1. The number of hydrogen-bond acceptors (Lipinski definition) is 5. The molecule has 0 aliphatic carbocycles. The van der Waals surface area contributed by atoms with Crippen molar-refractivity contribution < 1.29 is 19.2 Å². The van der Waals surface area contributed by atoms with Crippen LogP contribution in [0.3, 0.4) is 0 Å². The predicted molar refractivity (Wildman–Crippen MR) is 85.4 cm³/mol. The lowest BCUT2D eigenvalue weighted by molar-refractivity contribution is -0.385. The van der Waals surface area contributed by atoms with E-state index in [2.05, 4.69) is 0 Å². The first-order valence-electron chi connectivity index (χ1n) is 6.37. The number of esters is 1. The molecule has 0 unspecified atom stereocenters. The molecule has 0 aliphatic heterocycles. The SMILES string of the molecule is COc1ccc(OC(=O)Cc2ccc(Cl)cc2Cl)c([N+](=O)[O-])c1. The molecule has 2 rings (SSSR count). The van der Waals surface area contributed by atoms with Gasteiger partial charge in [0.25, 0.3) is 0 Å². The summed E-state index contributed by atoms with van der Waals surface area (Å²) in [5, 5.41) is 11.8. The molecule has 2 aromatic rings. The number of halogens is 2. The summed E-state index contributed by atoms with van der Waals surface area (Å²) in [6, 6.07) is 8.63. The summed E-state index contributed by atoms with van der Waals surface area (Å²) in [6.07, 6.45) is -0.140. The Morgan fingerprint density at radius 1 is 1.22 bits per heavy atom. The number of carbonyl (C=O) groups excluding carboxylic acids is 1. The molecule has 0 fully saturated rings. The Balaban J connectivity index is 2.18. The Bertz CT molecular complexity index is 764. The number of hydrogen-bond donors (Lipinski definition) is 0. The first-order chi connectivity index (χ1) is 10.9. The van der Waals surface area contributed by atoms with Crippen molar-refractivity contribution in [2.45, 2.75) is 6.42 Å². The minimum Gasteiger partial charge on any atom is -0.496 e. The number of nitrogens with zero attached hydrogens (tertiary/aromatic N) is 1. The molecule has 0 aromatic heterocycles. The minimum absolute atomic E-state index is 0.140. The third-order valence-electron chi connectivity index (χ3n) is 2.94. The van der Waals surface area contributed by atoms with Gasteiger partial charge in [-0.3, -0.25) is 14.9 Å². The average Bonchev–Trinajstić information content (AvgIpc) is 2.50. The third-order valence-corrected chi connectivity index (χ3v) is 3.52. The smallest absolute Gasteiger partial charge is 0.315 e. The largest absolute Gasteiger partial charge is 0.496 e. The van der Waals surface area contributed by atoms with E-state index in [1.54, 1.807) is 12.1 Å². The Hall–Kier alpha value is -2.31. The summed E-state index contributed by atoms with van der Waals surface area (Å²) >= 11 is 11.8. The molecule has 0 bridgehead atoms. The lowest BCUT2D eigenvalue weighted by Crippen LogP contribution is -2.12. The maximum Gasteiger partial charge on any atom is 0.315 e. The Morgan fingerprint density at radius 3 is 2.57 bits per heavy atom. The number of ether oxygens (including phenoxy) is 2. The highest BCUT2D eigenvalue weighted by atomic mass is 35.5. The van der Waals surface area contributed by atoms with Crippen LogP contribution in [-0.4, -0.2) is 18.0 Å². The minimum atomic E-state index is -0.678. The second kappa shape index (κ2) is 7.30. The Kier molecular flexibility index (Phi) is 5.41. The zero-order chi connectivity index (χ0) is 17.0.